The number of methoxy groups -OCH3 is 1. The number of likely N-dealkylation sites (N-methyl/N-ethyl adjacent to an activating group) is 1. The van der Waals surface area contributed by atoms with Gasteiger partial charge >= 0.3 is 0 Å². The molecule has 0 saturated carbocycles. The van der Waals surface area contributed by atoms with Crippen LogP contribution in [0.5, 0.6) is 0 Å². The summed E-state index contributed by atoms with van der Waals surface area (Å²) in [7, 11) is -0.471. The molecule has 0 bridgehead atoms. The Morgan fingerprint density at radius 2 is 2.10 bits per heavy atom. The summed E-state index contributed by atoms with van der Waals surface area (Å²) in [4.78, 5) is 0.225. The molecule has 0 fully saturated rings. The van der Waals surface area contributed by atoms with Gasteiger partial charge < -0.3 is 9.84 Å². The highest BCUT2D eigenvalue weighted by Gasteiger charge is 2.20. The van der Waals surface area contributed by atoms with Gasteiger partial charge in [-0.05, 0) is 30.7 Å². The topological polar surface area (TPSA) is 66.8 Å². The van der Waals surface area contributed by atoms with E-state index < -0.39 is 10.0 Å². The number of aliphatic hydroxyl groups is 1. The van der Waals surface area contributed by atoms with Crippen LogP contribution in [0.15, 0.2) is 23.1 Å². The maximum absolute atomic E-state index is 12.3. The average molecular weight is 297 g/mol. The standard InChI is InChI=1S/C14H19NO4S/c1-12-11-14(7-6-13(12)5-4-9-16)20(17,18)15(2)8-10-19-3/h6-7,11,16H,8-10H2,1-3H3. The van der Waals surface area contributed by atoms with E-state index in [-0.39, 0.29) is 11.5 Å². The second kappa shape index (κ2) is 7.41. The first-order valence-electron chi connectivity index (χ1n) is 6.09. The number of hydrogen-bond donors (Lipinski definition) is 1. The summed E-state index contributed by atoms with van der Waals surface area (Å²) in [5.41, 5.74) is 1.46. The number of hydrogen-bond acceptors (Lipinski definition) is 4. The van der Waals surface area contributed by atoms with Gasteiger partial charge in [0.05, 0.1) is 11.5 Å². The molecular weight excluding hydrogens is 278 g/mol. The third-order valence-corrected chi connectivity index (χ3v) is 4.67. The van der Waals surface area contributed by atoms with Crippen molar-refractivity contribution in [1.82, 2.24) is 4.31 Å². The Labute approximate surface area is 120 Å². The van der Waals surface area contributed by atoms with Crippen molar-refractivity contribution in [3.63, 3.8) is 0 Å². The van der Waals surface area contributed by atoms with Gasteiger partial charge in [0.25, 0.3) is 0 Å². The number of sulfonamides is 1. The number of rotatable bonds is 5. The van der Waals surface area contributed by atoms with Gasteiger partial charge in [0, 0.05) is 26.3 Å². The first-order chi connectivity index (χ1) is 9.43. The number of ether oxygens (including phenoxy) is 1. The van der Waals surface area contributed by atoms with Crippen LogP contribution in [-0.4, -0.2) is 51.7 Å². The quantitative estimate of drug-likeness (QED) is 0.809. The summed E-state index contributed by atoms with van der Waals surface area (Å²) in [5, 5.41) is 8.67. The van der Waals surface area contributed by atoms with Crippen LogP contribution in [0.25, 0.3) is 0 Å². The molecule has 0 saturated heterocycles. The first kappa shape index (κ1) is 16.7. The van der Waals surface area contributed by atoms with E-state index in [9.17, 15) is 8.42 Å². The maximum Gasteiger partial charge on any atom is 0.242 e. The molecule has 1 aromatic rings. The van der Waals surface area contributed by atoms with Gasteiger partial charge in [0.15, 0.2) is 0 Å². The molecule has 0 aromatic heterocycles. The Morgan fingerprint density at radius 1 is 1.40 bits per heavy atom. The molecule has 5 nitrogen and oxygen atoms in total. The highest BCUT2D eigenvalue weighted by molar-refractivity contribution is 7.89. The van der Waals surface area contributed by atoms with Gasteiger partial charge in [-0.25, -0.2) is 8.42 Å². The van der Waals surface area contributed by atoms with Crippen molar-refractivity contribution in [2.24, 2.45) is 0 Å². The molecule has 0 aliphatic carbocycles. The summed E-state index contributed by atoms with van der Waals surface area (Å²) in [6.45, 7) is 2.20. The Hall–Kier alpha value is -1.39. The second-order valence-electron chi connectivity index (χ2n) is 4.26. The summed E-state index contributed by atoms with van der Waals surface area (Å²) in [5.74, 6) is 5.32. The van der Waals surface area contributed by atoms with E-state index in [4.69, 9.17) is 9.84 Å². The summed E-state index contributed by atoms with van der Waals surface area (Å²) in [6, 6.07) is 4.75. The number of nitrogens with zero attached hydrogens (tertiary/aromatic N) is 1. The Bertz CT molecular complexity index is 614. The average Bonchev–Trinajstić information content (AvgIpc) is 2.43. The van der Waals surface area contributed by atoms with Crippen LogP contribution in [0.1, 0.15) is 11.1 Å². The second-order valence-corrected chi connectivity index (χ2v) is 6.30. The lowest BCUT2D eigenvalue weighted by Crippen LogP contribution is -2.30. The van der Waals surface area contributed by atoms with E-state index in [0.717, 1.165) is 5.56 Å². The van der Waals surface area contributed by atoms with Crippen LogP contribution < -0.4 is 0 Å². The zero-order chi connectivity index (χ0) is 15.2. The van der Waals surface area contributed by atoms with E-state index in [1.807, 2.05) is 0 Å². The van der Waals surface area contributed by atoms with E-state index in [2.05, 4.69) is 11.8 Å². The highest BCUT2D eigenvalue weighted by atomic mass is 32.2. The van der Waals surface area contributed by atoms with Gasteiger partial charge in [0.1, 0.15) is 6.61 Å². The van der Waals surface area contributed by atoms with Crippen LogP contribution in [0.2, 0.25) is 0 Å². The van der Waals surface area contributed by atoms with Crippen LogP contribution in [0.4, 0.5) is 0 Å². The van der Waals surface area contributed by atoms with E-state index >= 15 is 0 Å². The minimum Gasteiger partial charge on any atom is -0.384 e. The summed E-state index contributed by atoms with van der Waals surface area (Å²) < 4.78 is 30.8. The molecule has 110 valence electrons. The number of aryl methyl sites for hydroxylation is 1. The van der Waals surface area contributed by atoms with Crippen molar-refractivity contribution in [3.05, 3.63) is 29.3 Å². The molecular formula is C14H19NO4S. The third-order valence-electron chi connectivity index (χ3n) is 2.82. The largest absolute Gasteiger partial charge is 0.384 e. The van der Waals surface area contributed by atoms with Crippen molar-refractivity contribution in [2.75, 3.05) is 33.9 Å². The SMILES string of the molecule is COCCN(C)S(=O)(=O)c1ccc(C#CCO)c(C)c1. The smallest absolute Gasteiger partial charge is 0.242 e. The van der Waals surface area contributed by atoms with Crippen molar-refractivity contribution >= 4 is 10.0 Å². The van der Waals surface area contributed by atoms with Crippen LogP contribution >= 0.6 is 0 Å². The van der Waals surface area contributed by atoms with Gasteiger partial charge in [0.2, 0.25) is 10.0 Å². The third kappa shape index (κ3) is 4.05. The van der Waals surface area contributed by atoms with Gasteiger partial charge in [-0.15, -0.1) is 0 Å². The molecule has 1 rings (SSSR count). The monoisotopic (exact) mass is 297 g/mol. The fraction of sp³-hybridized carbons (Fsp3) is 0.429. The summed E-state index contributed by atoms with van der Waals surface area (Å²) >= 11 is 0. The van der Waals surface area contributed by atoms with Crippen molar-refractivity contribution in [3.8, 4) is 11.8 Å². The molecule has 0 amide bonds. The number of benzene rings is 1. The summed E-state index contributed by atoms with van der Waals surface area (Å²) in [6.07, 6.45) is 0. The maximum atomic E-state index is 12.3. The van der Waals surface area contributed by atoms with Crippen LogP contribution in [0, 0.1) is 18.8 Å². The van der Waals surface area contributed by atoms with E-state index in [1.165, 1.54) is 24.5 Å². The lowest BCUT2D eigenvalue weighted by Gasteiger charge is -2.17. The number of aliphatic hydroxyl groups excluding tert-OH is 1. The predicted molar refractivity (Wildman–Crippen MR) is 76.8 cm³/mol. The van der Waals surface area contributed by atoms with Crippen molar-refractivity contribution < 1.29 is 18.3 Å². The van der Waals surface area contributed by atoms with Crippen LogP contribution in [0.3, 0.4) is 0 Å². The van der Waals surface area contributed by atoms with Gasteiger partial charge in [-0.1, -0.05) is 11.8 Å². The fourth-order valence-corrected chi connectivity index (χ4v) is 2.83. The molecule has 20 heavy (non-hydrogen) atoms. The molecule has 0 heterocycles. The molecule has 0 spiro atoms. The minimum atomic E-state index is -3.52. The lowest BCUT2D eigenvalue weighted by molar-refractivity contribution is 0.185. The molecule has 6 heteroatoms. The van der Waals surface area contributed by atoms with Gasteiger partial charge in [-0.2, -0.15) is 4.31 Å². The molecule has 1 aromatic carbocycles. The molecule has 0 aliphatic heterocycles. The van der Waals surface area contributed by atoms with Gasteiger partial charge in [-0.3, -0.25) is 0 Å². The van der Waals surface area contributed by atoms with Crippen molar-refractivity contribution in [1.29, 1.82) is 0 Å². The zero-order valence-corrected chi connectivity index (χ0v) is 12.7. The van der Waals surface area contributed by atoms with E-state index in [0.29, 0.717) is 18.7 Å². The molecule has 1 N–H and O–H groups in total. The first-order valence-corrected chi connectivity index (χ1v) is 7.53. The Kier molecular flexibility index (Phi) is 6.17. The molecule has 0 radical (unpaired) electrons. The van der Waals surface area contributed by atoms with E-state index in [1.54, 1.807) is 19.1 Å². The normalized spacial score (nSPS) is 11.2. The fourth-order valence-electron chi connectivity index (χ4n) is 1.59. The predicted octanol–water partition coefficient (Wildman–Crippen LogP) is 0.606. The minimum absolute atomic E-state index is 0.223. The van der Waals surface area contributed by atoms with Crippen LogP contribution in [-0.2, 0) is 14.8 Å². The molecule has 0 aliphatic rings. The highest BCUT2D eigenvalue weighted by Crippen LogP contribution is 2.18. The van der Waals surface area contributed by atoms with Crippen molar-refractivity contribution in [2.45, 2.75) is 11.8 Å². The Morgan fingerprint density at radius 3 is 2.65 bits per heavy atom. The molecule has 0 atom stereocenters. The Balaban J connectivity index is 3.05. The lowest BCUT2D eigenvalue weighted by atomic mass is 10.1. The zero-order valence-electron chi connectivity index (χ0n) is 11.9. The molecule has 0 unspecified atom stereocenters.